The molecule has 0 spiro atoms. The molecule has 0 fully saturated rings. The number of nitrogens with one attached hydrogen (secondary N) is 1. The van der Waals surface area contributed by atoms with Crippen LogP contribution in [0.5, 0.6) is 0 Å². The Bertz CT molecular complexity index is 250. The summed E-state index contributed by atoms with van der Waals surface area (Å²) in [4.78, 5) is 0. The molecule has 0 aromatic carbocycles. The standard InChI is InChI=1S/C10H24N2O2S/c1-9(2)5-7-15(13,14)12-8-10(3)4-6-11/h9-10,12H,4-8,11H2,1-3H3. The molecule has 3 N–H and O–H groups in total. The van der Waals surface area contributed by atoms with E-state index in [0.717, 1.165) is 6.42 Å². The molecular formula is C10H24N2O2S. The van der Waals surface area contributed by atoms with E-state index < -0.39 is 10.0 Å². The first-order chi connectivity index (χ1) is 6.87. The zero-order valence-electron chi connectivity index (χ0n) is 9.99. The summed E-state index contributed by atoms with van der Waals surface area (Å²) in [5.74, 6) is 0.951. The van der Waals surface area contributed by atoms with Gasteiger partial charge in [-0.3, -0.25) is 0 Å². The molecule has 0 bridgehead atoms. The van der Waals surface area contributed by atoms with Crippen LogP contribution in [0.25, 0.3) is 0 Å². The van der Waals surface area contributed by atoms with Crippen LogP contribution in [-0.4, -0.2) is 27.3 Å². The van der Waals surface area contributed by atoms with Crippen molar-refractivity contribution in [1.82, 2.24) is 4.72 Å². The minimum atomic E-state index is -3.08. The highest BCUT2D eigenvalue weighted by atomic mass is 32.2. The lowest BCUT2D eigenvalue weighted by Gasteiger charge is -2.12. The van der Waals surface area contributed by atoms with Crippen molar-refractivity contribution in [2.45, 2.75) is 33.6 Å². The van der Waals surface area contributed by atoms with E-state index in [4.69, 9.17) is 5.73 Å². The Kier molecular flexibility index (Phi) is 7.13. The molecule has 1 atom stereocenters. The van der Waals surface area contributed by atoms with Gasteiger partial charge in [0.15, 0.2) is 0 Å². The first-order valence-electron chi connectivity index (χ1n) is 5.54. The number of hydrogen-bond donors (Lipinski definition) is 2. The van der Waals surface area contributed by atoms with Gasteiger partial charge in [-0.25, -0.2) is 13.1 Å². The van der Waals surface area contributed by atoms with Crippen molar-refractivity contribution in [2.75, 3.05) is 18.8 Å². The van der Waals surface area contributed by atoms with E-state index >= 15 is 0 Å². The highest BCUT2D eigenvalue weighted by Gasteiger charge is 2.12. The Hall–Kier alpha value is -0.130. The quantitative estimate of drug-likeness (QED) is 0.658. The summed E-state index contributed by atoms with van der Waals surface area (Å²) in [6, 6.07) is 0. The Balaban J connectivity index is 3.83. The summed E-state index contributed by atoms with van der Waals surface area (Å²) in [5.41, 5.74) is 5.39. The van der Waals surface area contributed by atoms with E-state index in [1.165, 1.54) is 0 Å². The zero-order chi connectivity index (χ0) is 11.9. The minimum Gasteiger partial charge on any atom is -0.330 e. The lowest BCUT2D eigenvalue weighted by Crippen LogP contribution is -2.31. The summed E-state index contributed by atoms with van der Waals surface area (Å²) >= 11 is 0. The largest absolute Gasteiger partial charge is 0.330 e. The second-order valence-corrected chi connectivity index (χ2v) is 6.46. The Labute approximate surface area is 93.7 Å². The molecule has 0 aromatic rings. The molecule has 4 nitrogen and oxygen atoms in total. The minimum absolute atomic E-state index is 0.222. The van der Waals surface area contributed by atoms with E-state index in [9.17, 15) is 8.42 Å². The number of rotatable bonds is 8. The summed E-state index contributed by atoms with van der Waals surface area (Å²) in [7, 11) is -3.08. The van der Waals surface area contributed by atoms with Gasteiger partial charge in [0.2, 0.25) is 10.0 Å². The van der Waals surface area contributed by atoms with Crippen LogP contribution in [0.1, 0.15) is 33.6 Å². The third-order valence-corrected chi connectivity index (χ3v) is 3.65. The van der Waals surface area contributed by atoms with Crippen molar-refractivity contribution in [3.05, 3.63) is 0 Å². The topological polar surface area (TPSA) is 72.2 Å². The average Bonchev–Trinajstić information content (AvgIpc) is 2.13. The van der Waals surface area contributed by atoms with E-state index in [2.05, 4.69) is 4.72 Å². The number of hydrogen-bond acceptors (Lipinski definition) is 3. The van der Waals surface area contributed by atoms with Crippen LogP contribution in [0.15, 0.2) is 0 Å². The van der Waals surface area contributed by atoms with Crippen LogP contribution >= 0.6 is 0 Å². The molecule has 0 aliphatic heterocycles. The summed E-state index contributed by atoms with van der Waals surface area (Å²) in [6.45, 7) is 7.14. The number of nitrogens with two attached hydrogens (primary N) is 1. The van der Waals surface area contributed by atoms with E-state index in [-0.39, 0.29) is 5.75 Å². The molecule has 15 heavy (non-hydrogen) atoms. The van der Waals surface area contributed by atoms with Gasteiger partial charge in [0.05, 0.1) is 5.75 Å². The molecule has 0 aliphatic carbocycles. The van der Waals surface area contributed by atoms with Gasteiger partial charge in [0.25, 0.3) is 0 Å². The van der Waals surface area contributed by atoms with Crippen LogP contribution in [0.3, 0.4) is 0 Å². The molecule has 0 amide bonds. The molecule has 0 rings (SSSR count). The van der Waals surface area contributed by atoms with Gasteiger partial charge in [-0.1, -0.05) is 20.8 Å². The van der Waals surface area contributed by atoms with E-state index in [1.54, 1.807) is 0 Å². The predicted octanol–water partition coefficient (Wildman–Crippen LogP) is 0.937. The average molecular weight is 236 g/mol. The van der Waals surface area contributed by atoms with Crippen LogP contribution < -0.4 is 10.5 Å². The van der Waals surface area contributed by atoms with Crippen molar-refractivity contribution in [3.8, 4) is 0 Å². The molecule has 0 saturated carbocycles. The normalized spacial score (nSPS) is 14.5. The molecule has 0 aromatic heterocycles. The predicted molar refractivity (Wildman–Crippen MR) is 64.1 cm³/mol. The van der Waals surface area contributed by atoms with Crippen molar-refractivity contribution >= 4 is 10.0 Å². The first-order valence-corrected chi connectivity index (χ1v) is 7.20. The van der Waals surface area contributed by atoms with Gasteiger partial charge in [0.1, 0.15) is 0 Å². The highest BCUT2D eigenvalue weighted by Crippen LogP contribution is 2.03. The maximum absolute atomic E-state index is 11.5. The van der Waals surface area contributed by atoms with Crippen LogP contribution in [-0.2, 0) is 10.0 Å². The SMILES string of the molecule is CC(C)CCS(=O)(=O)NCC(C)CCN. The molecule has 92 valence electrons. The van der Waals surface area contributed by atoms with E-state index in [0.29, 0.717) is 31.3 Å². The van der Waals surface area contributed by atoms with E-state index in [1.807, 2.05) is 20.8 Å². The molecular weight excluding hydrogens is 212 g/mol. The van der Waals surface area contributed by atoms with Crippen molar-refractivity contribution < 1.29 is 8.42 Å². The fourth-order valence-corrected chi connectivity index (χ4v) is 2.58. The lowest BCUT2D eigenvalue weighted by molar-refractivity contribution is 0.511. The Morgan fingerprint density at radius 3 is 2.27 bits per heavy atom. The second-order valence-electron chi connectivity index (χ2n) is 4.53. The molecule has 0 aliphatic rings. The van der Waals surface area contributed by atoms with Crippen LogP contribution in [0.2, 0.25) is 0 Å². The maximum Gasteiger partial charge on any atom is 0.211 e. The molecule has 5 heteroatoms. The van der Waals surface area contributed by atoms with Crippen molar-refractivity contribution in [1.29, 1.82) is 0 Å². The maximum atomic E-state index is 11.5. The summed E-state index contributed by atoms with van der Waals surface area (Å²) < 4.78 is 25.6. The molecule has 0 heterocycles. The first kappa shape index (κ1) is 14.9. The van der Waals surface area contributed by atoms with Gasteiger partial charge < -0.3 is 5.73 Å². The second kappa shape index (κ2) is 7.19. The number of sulfonamides is 1. The summed E-state index contributed by atoms with van der Waals surface area (Å²) in [5, 5.41) is 0. The van der Waals surface area contributed by atoms with Gasteiger partial charge in [0, 0.05) is 6.54 Å². The third-order valence-electron chi connectivity index (χ3n) is 2.28. The lowest BCUT2D eigenvalue weighted by atomic mass is 10.1. The van der Waals surface area contributed by atoms with Crippen molar-refractivity contribution in [2.24, 2.45) is 17.6 Å². The van der Waals surface area contributed by atoms with Gasteiger partial charge in [-0.2, -0.15) is 0 Å². The molecule has 0 saturated heterocycles. The fourth-order valence-electron chi connectivity index (χ4n) is 1.12. The monoisotopic (exact) mass is 236 g/mol. The Morgan fingerprint density at radius 2 is 1.80 bits per heavy atom. The van der Waals surface area contributed by atoms with Crippen LogP contribution in [0.4, 0.5) is 0 Å². The third kappa shape index (κ3) is 8.84. The van der Waals surface area contributed by atoms with Gasteiger partial charge in [-0.15, -0.1) is 0 Å². The highest BCUT2D eigenvalue weighted by molar-refractivity contribution is 7.89. The van der Waals surface area contributed by atoms with Gasteiger partial charge >= 0.3 is 0 Å². The van der Waals surface area contributed by atoms with Crippen molar-refractivity contribution in [3.63, 3.8) is 0 Å². The van der Waals surface area contributed by atoms with Crippen LogP contribution in [0, 0.1) is 11.8 Å². The fraction of sp³-hybridized carbons (Fsp3) is 1.00. The molecule has 1 unspecified atom stereocenters. The van der Waals surface area contributed by atoms with Gasteiger partial charge in [-0.05, 0) is 31.2 Å². The summed E-state index contributed by atoms with van der Waals surface area (Å²) in [6.07, 6.45) is 1.56. The Morgan fingerprint density at radius 1 is 1.20 bits per heavy atom. The zero-order valence-corrected chi connectivity index (χ0v) is 10.8. The molecule has 0 radical (unpaired) electrons. The smallest absolute Gasteiger partial charge is 0.211 e.